The van der Waals surface area contributed by atoms with Gasteiger partial charge in [0.25, 0.3) is 0 Å². The molecule has 4 heteroatoms. The third-order valence-electron chi connectivity index (χ3n) is 4.12. The number of aliphatic imine (C=N–C) groups is 2. The van der Waals surface area contributed by atoms with E-state index >= 15 is 0 Å². The van der Waals surface area contributed by atoms with Gasteiger partial charge in [0.05, 0.1) is 11.8 Å². The number of fused-ring (bicyclic) bond motifs is 5. The maximum atomic E-state index is 4.77. The Labute approximate surface area is 140 Å². The second-order valence-corrected chi connectivity index (χ2v) is 6.32. The second kappa shape index (κ2) is 5.96. The lowest BCUT2D eigenvalue weighted by Crippen LogP contribution is -2.12. The molecule has 0 aromatic carbocycles. The summed E-state index contributed by atoms with van der Waals surface area (Å²) in [5.74, 6) is 0. The summed E-state index contributed by atoms with van der Waals surface area (Å²) in [6.45, 7) is 4.03. The minimum atomic E-state index is 0.196. The molecule has 0 radical (unpaired) electrons. The van der Waals surface area contributed by atoms with Crippen LogP contribution in [0.25, 0.3) is 18.2 Å². The Hall–Kier alpha value is -2.88. The van der Waals surface area contributed by atoms with E-state index in [0.717, 1.165) is 39.9 Å². The number of nitrogens with one attached hydrogen (secondary N) is 2. The van der Waals surface area contributed by atoms with Crippen molar-refractivity contribution in [3.63, 3.8) is 0 Å². The maximum absolute atomic E-state index is 4.77. The molecule has 1 unspecified atom stereocenters. The number of rotatable bonds is 0. The lowest BCUT2D eigenvalue weighted by Gasteiger charge is -2.02. The maximum Gasteiger partial charge on any atom is 0.0745 e. The molecule has 0 spiro atoms. The number of H-pyrrole nitrogens is 2. The van der Waals surface area contributed by atoms with Crippen molar-refractivity contribution in [3.8, 4) is 0 Å². The first kappa shape index (κ1) is 14.7. The largest absolute Gasteiger partial charge is 0.359 e. The normalized spacial score (nSPS) is 22.8. The van der Waals surface area contributed by atoms with E-state index < -0.39 is 0 Å². The Morgan fingerprint density at radius 1 is 0.958 bits per heavy atom. The molecule has 24 heavy (non-hydrogen) atoms. The van der Waals surface area contributed by atoms with Gasteiger partial charge in [0.15, 0.2) is 0 Å². The lowest BCUT2D eigenvalue weighted by molar-refractivity contribution is 0.807. The predicted molar refractivity (Wildman–Crippen MR) is 101 cm³/mol. The average Bonchev–Trinajstić information content (AvgIpc) is 3.22. The molecule has 2 aliphatic rings. The fourth-order valence-corrected chi connectivity index (χ4v) is 3.12. The third-order valence-corrected chi connectivity index (χ3v) is 4.12. The van der Waals surface area contributed by atoms with Gasteiger partial charge < -0.3 is 9.97 Å². The Morgan fingerprint density at radius 3 is 2.67 bits per heavy atom. The minimum absolute atomic E-state index is 0.196. The summed E-state index contributed by atoms with van der Waals surface area (Å²) in [5.41, 5.74) is 5.22. The minimum Gasteiger partial charge on any atom is -0.359 e. The summed E-state index contributed by atoms with van der Waals surface area (Å²) in [6.07, 6.45) is 11.3. The van der Waals surface area contributed by atoms with Gasteiger partial charge in [0, 0.05) is 39.9 Å². The van der Waals surface area contributed by atoms with Crippen LogP contribution in [0, 0.1) is 0 Å². The van der Waals surface area contributed by atoms with Crippen molar-refractivity contribution in [3.05, 3.63) is 64.2 Å². The van der Waals surface area contributed by atoms with Crippen LogP contribution in [0.4, 0.5) is 0 Å². The fraction of sp³-hybridized carbons (Fsp3) is 0.200. The zero-order chi connectivity index (χ0) is 16.5. The number of allylic oxidation sites excluding steroid dienone is 2. The van der Waals surface area contributed by atoms with Gasteiger partial charge in [-0.1, -0.05) is 6.08 Å². The highest BCUT2D eigenvalue weighted by molar-refractivity contribution is 6.18. The zero-order valence-corrected chi connectivity index (χ0v) is 13.9. The molecule has 6 bridgehead atoms. The van der Waals surface area contributed by atoms with Crippen LogP contribution in [0.3, 0.4) is 0 Å². The van der Waals surface area contributed by atoms with Gasteiger partial charge in [-0.15, -0.1) is 0 Å². The predicted octanol–water partition coefficient (Wildman–Crippen LogP) is 2.36. The summed E-state index contributed by atoms with van der Waals surface area (Å²) in [4.78, 5) is 16.3. The van der Waals surface area contributed by atoms with Crippen LogP contribution >= 0.6 is 0 Å². The van der Waals surface area contributed by atoms with Crippen molar-refractivity contribution in [2.75, 3.05) is 0 Å². The summed E-state index contributed by atoms with van der Waals surface area (Å²) < 4.78 is 0. The Kier molecular flexibility index (Phi) is 3.65. The van der Waals surface area contributed by atoms with Gasteiger partial charge in [-0.3, -0.25) is 9.98 Å². The second-order valence-electron chi connectivity index (χ2n) is 6.32. The number of aromatic nitrogens is 2. The van der Waals surface area contributed by atoms with Crippen molar-refractivity contribution in [1.29, 1.82) is 0 Å². The van der Waals surface area contributed by atoms with E-state index in [1.165, 1.54) is 5.69 Å². The van der Waals surface area contributed by atoms with E-state index in [-0.39, 0.29) is 6.04 Å². The molecule has 0 fully saturated rings. The standard InChI is InChI=1S/C20H20N4/c1-13-9-15-3-5-17(22-15)11-19-7-8-20(24-19)12-18-6-4-16(23-18)10-14(2)21-13/h3-11,20,22-23H,12H2,1-2H3/b14-10?,15-9+,17-11-,21-13?. The Bertz CT molecular complexity index is 1010. The molecular weight excluding hydrogens is 296 g/mol. The van der Waals surface area contributed by atoms with Crippen molar-refractivity contribution in [2.24, 2.45) is 9.98 Å². The molecular formula is C20H20N4. The highest BCUT2D eigenvalue weighted by Gasteiger charge is 2.11. The highest BCUT2D eigenvalue weighted by Crippen LogP contribution is 2.14. The molecule has 0 aliphatic carbocycles. The molecule has 0 saturated heterocycles. The van der Waals surface area contributed by atoms with Crippen LogP contribution in [0.1, 0.15) is 25.2 Å². The van der Waals surface area contributed by atoms with E-state index in [4.69, 9.17) is 4.99 Å². The number of hydrogen-bond acceptors (Lipinski definition) is 2. The van der Waals surface area contributed by atoms with Gasteiger partial charge in [0.1, 0.15) is 0 Å². The summed E-state index contributed by atoms with van der Waals surface area (Å²) in [6, 6.07) is 8.55. The molecule has 0 amide bonds. The topological polar surface area (TPSA) is 56.3 Å². The van der Waals surface area contributed by atoms with E-state index in [1.807, 2.05) is 13.8 Å². The van der Waals surface area contributed by atoms with Gasteiger partial charge in [-0.2, -0.15) is 0 Å². The number of aromatic amines is 2. The SMILES string of the molecule is CC1=Cc2ccc([nH]2)CC2C=CC(=N2)/C=c2/cc/c([nH]2)=C\C(C)=N1. The van der Waals surface area contributed by atoms with Crippen LogP contribution in [-0.2, 0) is 6.42 Å². The first-order chi connectivity index (χ1) is 11.6. The molecule has 4 nitrogen and oxygen atoms in total. The van der Waals surface area contributed by atoms with Crippen LogP contribution in [0.5, 0.6) is 0 Å². The lowest BCUT2D eigenvalue weighted by atomic mass is 10.2. The third kappa shape index (κ3) is 3.23. The highest BCUT2D eigenvalue weighted by atomic mass is 14.8. The van der Waals surface area contributed by atoms with E-state index in [1.54, 1.807) is 0 Å². The van der Waals surface area contributed by atoms with E-state index in [0.29, 0.717) is 0 Å². The van der Waals surface area contributed by atoms with Gasteiger partial charge in [-0.05, 0) is 62.4 Å². The first-order valence-corrected chi connectivity index (χ1v) is 8.20. The molecule has 120 valence electrons. The average molecular weight is 316 g/mol. The van der Waals surface area contributed by atoms with Crippen molar-refractivity contribution in [1.82, 2.24) is 9.97 Å². The Morgan fingerprint density at radius 2 is 1.79 bits per heavy atom. The zero-order valence-electron chi connectivity index (χ0n) is 13.9. The molecule has 2 N–H and O–H groups in total. The molecule has 4 rings (SSSR count). The van der Waals surface area contributed by atoms with E-state index in [9.17, 15) is 0 Å². The quantitative estimate of drug-likeness (QED) is 0.750. The first-order valence-electron chi connectivity index (χ1n) is 8.20. The fourth-order valence-electron chi connectivity index (χ4n) is 3.12. The van der Waals surface area contributed by atoms with Crippen molar-refractivity contribution < 1.29 is 0 Å². The number of nitrogens with zero attached hydrogens (tertiary/aromatic N) is 2. The van der Waals surface area contributed by atoms with Gasteiger partial charge in [-0.25, -0.2) is 0 Å². The van der Waals surface area contributed by atoms with Crippen LogP contribution < -0.4 is 10.7 Å². The number of hydrogen-bond donors (Lipinski definition) is 2. The smallest absolute Gasteiger partial charge is 0.0745 e. The molecule has 0 saturated carbocycles. The Balaban J connectivity index is 1.83. The molecule has 2 aromatic rings. The summed E-state index contributed by atoms with van der Waals surface area (Å²) in [5, 5.41) is 2.10. The van der Waals surface area contributed by atoms with Crippen LogP contribution in [0.15, 0.2) is 52.1 Å². The molecule has 2 aromatic heterocycles. The molecule has 4 heterocycles. The van der Waals surface area contributed by atoms with Gasteiger partial charge >= 0.3 is 0 Å². The van der Waals surface area contributed by atoms with Gasteiger partial charge in [0.2, 0.25) is 0 Å². The van der Waals surface area contributed by atoms with Crippen molar-refractivity contribution in [2.45, 2.75) is 26.3 Å². The summed E-state index contributed by atoms with van der Waals surface area (Å²) in [7, 11) is 0. The summed E-state index contributed by atoms with van der Waals surface area (Å²) >= 11 is 0. The van der Waals surface area contributed by atoms with Crippen molar-refractivity contribution >= 4 is 29.7 Å². The molecule has 2 aliphatic heterocycles. The monoisotopic (exact) mass is 316 g/mol. The molecule has 1 atom stereocenters. The van der Waals surface area contributed by atoms with E-state index in [2.05, 4.69) is 69.6 Å². The van der Waals surface area contributed by atoms with Crippen LogP contribution in [0.2, 0.25) is 0 Å². The van der Waals surface area contributed by atoms with Crippen LogP contribution in [-0.4, -0.2) is 27.4 Å².